The summed E-state index contributed by atoms with van der Waals surface area (Å²) < 4.78 is 0. The summed E-state index contributed by atoms with van der Waals surface area (Å²) in [6.45, 7) is 6.04. The molecule has 30 heavy (non-hydrogen) atoms. The zero-order valence-corrected chi connectivity index (χ0v) is 17.0. The molecule has 0 N–H and O–H groups in total. The highest BCUT2D eigenvalue weighted by Crippen LogP contribution is 2.44. The van der Waals surface area contributed by atoms with Gasteiger partial charge >= 0.3 is 6.03 Å². The third kappa shape index (κ3) is 2.32. The van der Waals surface area contributed by atoms with E-state index in [1.807, 2.05) is 20.8 Å². The Kier molecular flexibility index (Phi) is 3.72. The van der Waals surface area contributed by atoms with Crippen molar-refractivity contribution in [3.63, 3.8) is 0 Å². The van der Waals surface area contributed by atoms with Gasteiger partial charge in [0.1, 0.15) is 17.8 Å². The minimum absolute atomic E-state index is 0.00108. The number of hydrogen-bond donors (Lipinski definition) is 0. The maximum atomic E-state index is 13.4. The minimum atomic E-state index is -0.669. The Hall–Kier alpha value is -3.47. The number of piperazine rings is 1. The Balaban J connectivity index is 1.56. The number of aromatic nitrogens is 1. The van der Waals surface area contributed by atoms with Crippen molar-refractivity contribution in [2.24, 2.45) is 5.41 Å². The molecule has 3 fully saturated rings. The molecule has 0 unspecified atom stereocenters. The summed E-state index contributed by atoms with van der Waals surface area (Å²) in [6.07, 6.45) is 2.04. The molecular weight excluding hydrogens is 382 g/mol. The summed E-state index contributed by atoms with van der Waals surface area (Å²) in [6, 6.07) is 7.66. The molecule has 1 aromatic carbocycles. The zero-order valence-electron chi connectivity index (χ0n) is 17.0. The van der Waals surface area contributed by atoms with Crippen molar-refractivity contribution in [1.29, 1.82) is 5.26 Å². The van der Waals surface area contributed by atoms with E-state index >= 15 is 0 Å². The number of anilines is 1. The lowest BCUT2D eigenvalue weighted by atomic mass is 9.93. The number of hydrogen-bond acceptors (Lipinski definition) is 5. The lowest BCUT2D eigenvalue weighted by Gasteiger charge is -2.37. The standard InChI is InChI=1S/C22H21N5O3/c1-22(2,3)20(29)25-11-12-8-16(25)18-19(28)27(21(30)26(12)18)17-10-24-15(9-23)13-6-4-5-7-14(13)17/h4-7,10,12,16,18H,8,11H2,1-3H3/t12-,16-,18-/m0/s1. The van der Waals surface area contributed by atoms with Gasteiger partial charge in [-0.25, -0.2) is 14.7 Å². The zero-order chi connectivity index (χ0) is 21.4. The monoisotopic (exact) mass is 403 g/mol. The van der Waals surface area contributed by atoms with E-state index in [0.29, 0.717) is 29.4 Å². The molecule has 0 saturated carbocycles. The number of pyridine rings is 1. The summed E-state index contributed by atoms with van der Waals surface area (Å²) in [5.74, 6) is -0.339. The Morgan fingerprint density at radius 3 is 2.57 bits per heavy atom. The second kappa shape index (κ2) is 6.02. The van der Waals surface area contributed by atoms with Gasteiger partial charge in [-0.15, -0.1) is 0 Å². The van der Waals surface area contributed by atoms with Crippen LogP contribution in [0.2, 0.25) is 0 Å². The summed E-state index contributed by atoms with van der Waals surface area (Å²) in [5, 5.41) is 10.6. The normalized spacial score (nSPS) is 25.3. The number of carbonyl (C=O) groups is 3. The van der Waals surface area contributed by atoms with E-state index in [1.54, 1.807) is 34.1 Å². The van der Waals surface area contributed by atoms with Crippen LogP contribution in [0.25, 0.3) is 10.8 Å². The summed E-state index contributed by atoms with van der Waals surface area (Å²) in [5.41, 5.74) is 0.0755. The van der Waals surface area contributed by atoms with Crippen LogP contribution >= 0.6 is 0 Å². The van der Waals surface area contributed by atoms with E-state index in [4.69, 9.17) is 0 Å². The van der Waals surface area contributed by atoms with Gasteiger partial charge in [-0.1, -0.05) is 45.0 Å². The Morgan fingerprint density at radius 1 is 1.20 bits per heavy atom. The van der Waals surface area contributed by atoms with E-state index in [0.717, 1.165) is 0 Å². The number of imide groups is 1. The van der Waals surface area contributed by atoms with Gasteiger partial charge in [-0.3, -0.25) is 9.59 Å². The number of urea groups is 1. The summed E-state index contributed by atoms with van der Waals surface area (Å²) in [4.78, 5) is 48.4. The number of fused-ring (bicyclic) bond motifs is 6. The van der Waals surface area contributed by atoms with Crippen LogP contribution in [-0.4, -0.2) is 57.3 Å². The van der Waals surface area contributed by atoms with Crippen LogP contribution in [0.5, 0.6) is 0 Å². The van der Waals surface area contributed by atoms with E-state index in [2.05, 4.69) is 11.1 Å². The first kappa shape index (κ1) is 18.6. The molecule has 3 atom stereocenters. The van der Waals surface area contributed by atoms with Gasteiger partial charge in [0.15, 0.2) is 0 Å². The molecule has 8 nitrogen and oxygen atoms in total. The summed E-state index contributed by atoms with van der Waals surface area (Å²) in [7, 11) is 0. The molecule has 3 saturated heterocycles. The number of benzene rings is 1. The average molecular weight is 403 g/mol. The van der Waals surface area contributed by atoms with E-state index in [1.165, 1.54) is 11.1 Å². The minimum Gasteiger partial charge on any atom is -0.334 e. The van der Waals surface area contributed by atoms with E-state index in [-0.39, 0.29) is 35.6 Å². The first-order valence-corrected chi connectivity index (χ1v) is 9.99. The van der Waals surface area contributed by atoms with Crippen LogP contribution in [0, 0.1) is 16.7 Å². The van der Waals surface area contributed by atoms with Gasteiger partial charge in [0.2, 0.25) is 5.91 Å². The van der Waals surface area contributed by atoms with Crippen LogP contribution in [0.3, 0.4) is 0 Å². The van der Waals surface area contributed by atoms with Crippen LogP contribution in [0.1, 0.15) is 32.9 Å². The molecule has 0 aliphatic carbocycles. The number of carbonyl (C=O) groups excluding carboxylic acids is 3. The second-order valence-corrected chi connectivity index (χ2v) is 9.12. The Labute approximate surface area is 173 Å². The maximum absolute atomic E-state index is 13.4. The molecule has 2 aromatic rings. The van der Waals surface area contributed by atoms with Gasteiger partial charge in [0, 0.05) is 22.7 Å². The molecule has 0 radical (unpaired) electrons. The number of nitriles is 1. The SMILES string of the molecule is CC(C)(C)C(=O)N1C[C@@H]2C[C@H]1[C@H]1C(=O)N(c3cnc(C#N)c4ccccc34)C(=O)N21. The fourth-order valence-electron chi connectivity index (χ4n) is 4.99. The first-order valence-electron chi connectivity index (χ1n) is 9.99. The molecule has 3 aliphatic heterocycles. The van der Waals surface area contributed by atoms with Crippen LogP contribution in [0.4, 0.5) is 10.5 Å². The molecule has 3 aliphatic rings. The molecule has 2 bridgehead atoms. The number of amides is 4. The number of likely N-dealkylation sites (tertiary alicyclic amines) is 1. The van der Waals surface area contributed by atoms with Crippen molar-refractivity contribution in [3.05, 3.63) is 36.2 Å². The van der Waals surface area contributed by atoms with Crippen molar-refractivity contribution in [3.8, 4) is 6.07 Å². The maximum Gasteiger partial charge on any atom is 0.332 e. The van der Waals surface area contributed by atoms with E-state index < -0.39 is 11.5 Å². The van der Waals surface area contributed by atoms with Crippen molar-refractivity contribution >= 4 is 34.3 Å². The molecular formula is C22H21N5O3. The molecule has 4 heterocycles. The van der Waals surface area contributed by atoms with Crippen molar-refractivity contribution < 1.29 is 14.4 Å². The van der Waals surface area contributed by atoms with Gasteiger partial charge in [-0.2, -0.15) is 5.26 Å². The number of nitrogens with zero attached hydrogens (tertiary/aromatic N) is 5. The second-order valence-electron chi connectivity index (χ2n) is 9.12. The highest BCUT2D eigenvalue weighted by Gasteiger charge is 2.63. The lowest BCUT2D eigenvalue weighted by Crippen LogP contribution is -2.56. The first-order chi connectivity index (χ1) is 14.2. The topological polar surface area (TPSA) is 97.6 Å². The van der Waals surface area contributed by atoms with Gasteiger partial charge in [0.05, 0.1) is 24.0 Å². The summed E-state index contributed by atoms with van der Waals surface area (Å²) >= 11 is 0. The van der Waals surface area contributed by atoms with Crippen molar-refractivity contribution in [1.82, 2.24) is 14.8 Å². The van der Waals surface area contributed by atoms with Crippen molar-refractivity contribution in [2.45, 2.75) is 45.3 Å². The molecule has 5 rings (SSSR count). The number of rotatable bonds is 1. The third-order valence-electron chi connectivity index (χ3n) is 6.29. The Bertz CT molecular complexity index is 1160. The molecule has 1 aromatic heterocycles. The largest absolute Gasteiger partial charge is 0.334 e. The smallest absolute Gasteiger partial charge is 0.332 e. The predicted octanol–water partition coefficient (Wildman–Crippen LogP) is 2.27. The highest BCUT2D eigenvalue weighted by atomic mass is 16.2. The molecule has 152 valence electrons. The fourth-order valence-corrected chi connectivity index (χ4v) is 4.99. The lowest BCUT2D eigenvalue weighted by molar-refractivity contribution is -0.143. The van der Waals surface area contributed by atoms with E-state index in [9.17, 15) is 19.6 Å². The molecule has 8 heteroatoms. The predicted molar refractivity (Wildman–Crippen MR) is 108 cm³/mol. The highest BCUT2D eigenvalue weighted by molar-refractivity contribution is 6.25. The quantitative estimate of drug-likeness (QED) is 0.681. The average Bonchev–Trinajstić information content (AvgIpc) is 3.37. The van der Waals surface area contributed by atoms with Gasteiger partial charge in [-0.05, 0) is 6.42 Å². The molecule has 0 spiro atoms. The third-order valence-corrected chi connectivity index (χ3v) is 6.29. The van der Waals surface area contributed by atoms with Gasteiger partial charge in [0.25, 0.3) is 5.91 Å². The van der Waals surface area contributed by atoms with Crippen LogP contribution in [-0.2, 0) is 9.59 Å². The fraction of sp³-hybridized carbons (Fsp3) is 0.409. The Morgan fingerprint density at radius 2 is 1.90 bits per heavy atom. The van der Waals surface area contributed by atoms with Crippen LogP contribution in [0.15, 0.2) is 30.5 Å². The van der Waals surface area contributed by atoms with Crippen LogP contribution < -0.4 is 4.90 Å². The molecule has 4 amide bonds. The van der Waals surface area contributed by atoms with Gasteiger partial charge < -0.3 is 9.80 Å². The van der Waals surface area contributed by atoms with Crippen molar-refractivity contribution in [2.75, 3.05) is 11.4 Å².